The highest BCUT2D eigenvalue weighted by Gasteiger charge is 2.24. The molecule has 0 saturated carbocycles. The zero-order valence-electron chi connectivity index (χ0n) is 11.6. The van der Waals surface area contributed by atoms with Gasteiger partial charge in [-0.1, -0.05) is 13.8 Å². The van der Waals surface area contributed by atoms with Crippen molar-refractivity contribution in [3.63, 3.8) is 0 Å². The highest BCUT2D eigenvalue weighted by Crippen LogP contribution is 2.16. The number of likely N-dealkylation sites (N-methyl/N-ethyl adjacent to an activating group) is 1. The minimum Gasteiger partial charge on any atom is -0.377 e. The number of ether oxygens (including phenoxy) is 1. The lowest BCUT2D eigenvalue weighted by Crippen LogP contribution is -2.44. The van der Waals surface area contributed by atoms with E-state index in [9.17, 15) is 0 Å². The first-order chi connectivity index (χ1) is 8.58. The SMILES string of the molecule is CCOC(C(C)C)C(Cc1ccc(Br)cn1)NC. The van der Waals surface area contributed by atoms with Gasteiger partial charge >= 0.3 is 0 Å². The van der Waals surface area contributed by atoms with E-state index >= 15 is 0 Å². The third-order valence-corrected chi connectivity index (χ3v) is 3.47. The van der Waals surface area contributed by atoms with Gasteiger partial charge in [0.1, 0.15) is 0 Å². The number of pyridine rings is 1. The summed E-state index contributed by atoms with van der Waals surface area (Å²) in [6, 6.07) is 4.37. The molecule has 0 aliphatic rings. The zero-order chi connectivity index (χ0) is 13.5. The average Bonchev–Trinajstić information content (AvgIpc) is 2.35. The number of rotatable bonds is 7. The summed E-state index contributed by atoms with van der Waals surface area (Å²) < 4.78 is 6.86. The van der Waals surface area contributed by atoms with Crippen LogP contribution in [0.1, 0.15) is 26.5 Å². The van der Waals surface area contributed by atoms with Crippen LogP contribution in [0.3, 0.4) is 0 Å². The Morgan fingerprint density at radius 3 is 2.56 bits per heavy atom. The molecule has 0 aliphatic carbocycles. The second-order valence-electron chi connectivity index (χ2n) is 4.73. The molecule has 1 rings (SSSR count). The van der Waals surface area contributed by atoms with Crippen LogP contribution < -0.4 is 5.32 Å². The van der Waals surface area contributed by atoms with Gasteiger partial charge in [0, 0.05) is 35.4 Å². The Hall–Kier alpha value is -0.450. The third-order valence-electron chi connectivity index (χ3n) is 3.00. The molecule has 3 nitrogen and oxygen atoms in total. The lowest BCUT2D eigenvalue weighted by atomic mass is 9.95. The molecule has 1 aromatic heterocycles. The smallest absolute Gasteiger partial charge is 0.0754 e. The molecule has 4 heteroatoms. The summed E-state index contributed by atoms with van der Waals surface area (Å²) in [6.07, 6.45) is 2.94. The van der Waals surface area contributed by atoms with Crippen LogP contribution in [0.2, 0.25) is 0 Å². The van der Waals surface area contributed by atoms with E-state index < -0.39 is 0 Å². The Balaban J connectivity index is 2.72. The van der Waals surface area contributed by atoms with Crippen molar-refractivity contribution in [1.82, 2.24) is 10.3 Å². The standard InChI is InChI=1S/C14H23BrN2O/c1-5-18-14(10(2)3)13(16-4)8-12-7-6-11(15)9-17-12/h6-7,9-10,13-14,16H,5,8H2,1-4H3. The van der Waals surface area contributed by atoms with E-state index in [1.165, 1.54) is 0 Å². The van der Waals surface area contributed by atoms with Gasteiger partial charge < -0.3 is 10.1 Å². The Labute approximate surface area is 118 Å². The van der Waals surface area contributed by atoms with Gasteiger partial charge in [-0.2, -0.15) is 0 Å². The predicted octanol–water partition coefficient (Wildman–Crippen LogP) is 3.04. The minimum atomic E-state index is 0.213. The Morgan fingerprint density at radius 1 is 1.39 bits per heavy atom. The first-order valence-electron chi connectivity index (χ1n) is 6.47. The van der Waals surface area contributed by atoms with Crippen LogP contribution in [0.25, 0.3) is 0 Å². The predicted molar refractivity (Wildman–Crippen MR) is 78.7 cm³/mol. The maximum absolute atomic E-state index is 5.85. The van der Waals surface area contributed by atoms with Crippen LogP contribution in [0.15, 0.2) is 22.8 Å². The van der Waals surface area contributed by atoms with E-state index in [-0.39, 0.29) is 6.10 Å². The molecule has 0 aromatic carbocycles. The van der Waals surface area contributed by atoms with E-state index in [0.29, 0.717) is 12.0 Å². The number of hydrogen-bond donors (Lipinski definition) is 1. The van der Waals surface area contributed by atoms with Crippen molar-refractivity contribution in [2.75, 3.05) is 13.7 Å². The fraction of sp³-hybridized carbons (Fsp3) is 0.643. The van der Waals surface area contributed by atoms with Crippen LogP contribution in [-0.2, 0) is 11.2 Å². The molecule has 2 unspecified atom stereocenters. The maximum Gasteiger partial charge on any atom is 0.0754 e. The van der Waals surface area contributed by atoms with E-state index in [4.69, 9.17) is 4.74 Å². The molecule has 1 aromatic rings. The molecule has 102 valence electrons. The van der Waals surface area contributed by atoms with Crippen LogP contribution >= 0.6 is 15.9 Å². The fourth-order valence-corrected chi connectivity index (χ4v) is 2.34. The molecular weight excluding hydrogens is 292 g/mol. The summed E-state index contributed by atoms with van der Waals surface area (Å²) in [5.74, 6) is 0.484. The summed E-state index contributed by atoms with van der Waals surface area (Å²) in [7, 11) is 1.98. The molecule has 1 N–H and O–H groups in total. The van der Waals surface area contributed by atoms with Crippen molar-refractivity contribution in [2.45, 2.75) is 39.3 Å². The fourth-order valence-electron chi connectivity index (χ4n) is 2.10. The van der Waals surface area contributed by atoms with Crippen LogP contribution in [0.5, 0.6) is 0 Å². The number of hydrogen-bond acceptors (Lipinski definition) is 3. The van der Waals surface area contributed by atoms with E-state index in [1.807, 2.05) is 26.2 Å². The van der Waals surface area contributed by atoms with Crippen molar-refractivity contribution in [3.05, 3.63) is 28.5 Å². The van der Waals surface area contributed by atoms with Crippen molar-refractivity contribution in [1.29, 1.82) is 0 Å². The Bertz CT molecular complexity index is 340. The molecule has 2 atom stereocenters. The first-order valence-corrected chi connectivity index (χ1v) is 7.27. The van der Waals surface area contributed by atoms with Crippen LogP contribution in [-0.4, -0.2) is 30.8 Å². The number of nitrogens with zero attached hydrogens (tertiary/aromatic N) is 1. The normalized spacial score (nSPS) is 14.8. The largest absolute Gasteiger partial charge is 0.377 e. The zero-order valence-corrected chi connectivity index (χ0v) is 13.2. The monoisotopic (exact) mass is 314 g/mol. The molecule has 0 spiro atoms. The average molecular weight is 315 g/mol. The van der Waals surface area contributed by atoms with Crippen molar-refractivity contribution in [3.8, 4) is 0 Å². The Morgan fingerprint density at radius 2 is 2.11 bits per heavy atom. The van der Waals surface area contributed by atoms with Gasteiger partial charge in [-0.25, -0.2) is 0 Å². The minimum absolute atomic E-state index is 0.213. The van der Waals surface area contributed by atoms with Crippen LogP contribution in [0.4, 0.5) is 0 Å². The topological polar surface area (TPSA) is 34.1 Å². The van der Waals surface area contributed by atoms with Crippen molar-refractivity contribution < 1.29 is 4.74 Å². The third kappa shape index (κ3) is 4.67. The molecule has 0 bridgehead atoms. The van der Waals surface area contributed by atoms with E-state index in [1.54, 1.807) is 0 Å². The summed E-state index contributed by atoms with van der Waals surface area (Å²) in [4.78, 5) is 4.43. The second kappa shape index (κ2) is 7.87. The molecule has 1 heterocycles. The quantitative estimate of drug-likeness (QED) is 0.840. The summed E-state index contributed by atoms with van der Waals surface area (Å²) in [5.41, 5.74) is 1.09. The molecule has 0 aliphatic heterocycles. The number of halogens is 1. The molecule has 0 saturated heterocycles. The maximum atomic E-state index is 5.85. The van der Waals surface area contributed by atoms with Crippen molar-refractivity contribution >= 4 is 15.9 Å². The molecule has 0 amide bonds. The molecular formula is C14H23BrN2O. The van der Waals surface area contributed by atoms with Crippen molar-refractivity contribution in [2.24, 2.45) is 5.92 Å². The second-order valence-corrected chi connectivity index (χ2v) is 5.65. The molecule has 0 fully saturated rings. The van der Waals surface area contributed by atoms with Crippen LogP contribution in [0, 0.1) is 5.92 Å². The highest BCUT2D eigenvalue weighted by molar-refractivity contribution is 9.10. The van der Waals surface area contributed by atoms with Gasteiger partial charge in [-0.3, -0.25) is 4.98 Å². The van der Waals surface area contributed by atoms with Gasteiger partial charge in [0.25, 0.3) is 0 Å². The lowest BCUT2D eigenvalue weighted by Gasteiger charge is -2.29. The van der Waals surface area contributed by atoms with Gasteiger partial charge in [0.2, 0.25) is 0 Å². The van der Waals surface area contributed by atoms with Gasteiger partial charge in [-0.05, 0) is 48.0 Å². The Kier molecular flexibility index (Phi) is 6.82. The molecule has 0 radical (unpaired) electrons. The summed E-state index contributed by atoms with van der Waals surface area (Å²) in [5, 5.41) is 3.35. The van der Waals surface area contributed by atoms with E-state index in [2.05, 4.69) is 46.1 Å². The first kappa shape index (κ1) is 15.6. The van der Waals surface area contributed by atoms with Gasteiger partial charge in [-0.15, -0.1) is 0 Å². The number of aromatic nitrogens is 1. The highest BCUT2D eigenvalue weighted by atomic mass is 79.9. The van der Waals surface area contributed by atoms with Gasteiger partial charge in [0.05, 0.1) is 6.10 Å². The summed E-state index contributed by atoms with van der Waals surface area (Å²) >= 11 is 3.40. The van der Waals surface area contributed by atoms with Gasteiger partial charge in [0.15, 0.2) is 0 Å². The molecule has 18 heavy (non-hydrogen) atoms. The lowest BCUT2D eigenvalue weighted by molar-refractivity contribution is 0.00514. The number of nitrogens with one attached hydrogen (secondary N) is 1. The van der Waals surface area contributed by atoms with E-state index in [0.717, 1.165) is 23.2 Å². The summed E-state index contributed by atoms with van der Waals surface area (Å²) in [6.45, 7) is 7.17.